The Morgan fingerprint density at radius 3 is 2.50 bits per heavy atom. The number of nitrogens with one attached hydrogen (secondary N) is 2. The molecule has 0 bridgehead atoms. The predicted molar refractivity (Wildman–Crippen MR) is 101 cm³/mol. The molecule has 8 nitrogen and oxygen atoms in total. The Morgan fingerprint density at radius 1 is 1.12 bits per heavy atom. The van der Waals surface area contributed by atoms with Crippen LogP contribution in [-0.4, -0.2) is 50.2 Å². The molecule has 0 aromatic heterocycles. The number of amides is 2. The third kappa shape index (κ3) is 8.61. The maximum Gasteiger partial charge on any atom is 0.413 e. The monoisotopic (exact) mass is 408 g/mol. The van der Waals surface area contributed by atoms with Gasteiger partial charge in [-0.3, -0.25) is 10.6 Å². The molecule has 0 saturated heterocycles. The number of aryl methyl sites for hydroxylation is 1. The van der Waals surface area contributed by atoms with E-state index < -0.39 is 31.9 Å². The van der Waals surface area contributed by atoms with Gasteiger partial charge in [-0.25, -0.2) is 14.0 Å². The molecule has 26 heavy (non-hydrogen) atoms. The Morgan fingerprint density at radius 2 is 1.85 bits per heavy atom. The van der Waals surface area contributed by atoms with Crippen molar-refractivity contribution >= 4 is 48.8 Å². The highest BCUT2D eigenvalue weighted by Crippen LogP contribution is 2.21. The standard InChI is InChI=1S/C15H21FN2O6S2/c1-10-2-3-11(17-14(19)23-9-22-8-21-7-16)4-13(10)18-15(20)24-12(5-25)6-26/h2-4,12,25-26H,5-9H2,1H3,(H,17,19)(H,18,20). The SMILES string of the molecule is Cc1ccc(NC(=O)OCOCOCF)cc1NC(=O)OC(CS)CS. The van der Waals surface area contributed by atoms with E-state index in [1.54, 1.807) is 25.1 Å². The van der Waals surface area contributed by atoms with Crippen LogP contribution in [0.25, 0.3) is 0 Å². The molecular formula is C15H21FN2O6S2. The fraction of sp³-hybridized carbons (Fsp3) is 0.467. The molecule has 0 atom stereocenters. The smallest absolute Gasteiger partial charge is 0.413 e. The van der Waals surface area contributed by atoms with Crippen molar-refractivity contribution in [3.8, 4) is 0 Å². The molecule has 0 fully saturated rings. The fourth-order valence-electron chi connectivity index (χ4n) is 1.63. The number of carbonyl (C=O) groups is 2. The lowest BCUT2D eigenvalue weighted by molar-refractivity contribution is -0.125. The van der Waals surface area contributed by atoms with Crippen LogP contribution < -0.4 is 10.6 Å². The van der Waals surface area contributed by atoms with Crippen molar-refractivity contribution in [2.24, 2.45) is 0 Å². The van der Waals surface area contributed by atoms with Crippen LogP contribution in [0.4, 0.5) is 25.4 Å². The zero-order valence-corrected chi connectivity index (χ0v) is 15.9. The molecular weight excluding hydrogens is 387 g/mol. The van der Waals surface area contributed by atoms with Gasteiger partial charge in [-0.1, -0.05) is 6.07 Å². The summed E-state index contributed by atoms with van der Waals surface area (Å²) in [6.07, 6.45) is -1.85. The van der Waals surface area contributed by atoms with Crippen molar-refractivity contribution in [2.75, 3.05) is 42.6 Å². The van der Waals surface area contributed by atoms with Gasteiger partial charge in [0.15, 0.2) is 20.4 Å². The van der Waals surface area contributed by atoms with E-state index in [1.165, 1.54) is 0 Å². The van der Waals surface area contributed by atoms with E-state index in [9.17, 15) is 14.0 Å². The minimum atomic E-state index is -0.990. The summed E-state index contributed by atoms with van der Waals surface area (Å²) in [6.45, 7) is 0.0651. The highest BCUT2D eigenvalue weighted by Gasteiger charge is 2.13. The maximum atomic E-state index is 11.9. The van der Waals surface area contributed by atoms with Gasteiger partial charge < -0.3 is 18.9 Å². The highest BCUT2D eigenvalue weighted by atomic mass is 32.1. The van der Waals surface area contributed by atoms with Gasteiger partial charge in [0.1, 0.15) is 6.10 Å². The second-order valence-corrected chi connectivity index (χ2v) is 5.59. The van der Waals surface area contributed by atoms with Gasteiger partial charge in [-0.2, -0.15) is 25.3 Å². The number of halogens is 1. The van der Waals surface area contributed by atoms with E-state index in [2.05, 4.69) is 40.6 Å². The Kier molecular flexibility index (Phi) is 10.9. The third-order valence-corrected chi connectivity index (χ3v) is 3.73. The molecule has 0 unspecified atom stereocenters. The predicted octanol–water partition coefficient (Wildman–Crippen LogP) is 3.20. The van der Waals surface area contributed by atoms with E-state index in [-0.39, 0.29) is 6.79 Å². The summed E-state index contributed by atoms with van der Waals surface area (Å²) in [6, 6.07) is 4.87. The number of hydrogen-bond donors (Lipinski definition) is 4. The largest absolute Gasteiger partial charge is 0.444 e. The summed E-state index contributed by atoms with van der Waals surface area (Å²) in [5.41, 5.74) is 1.61. The molecule has 1 rings (SSSR count). The molecule has 0 radical (unpaired) electrons. The molecule has 0 aliphatic rings. The molecule has 0 spiro atoms. The van der Waals surface area contributed by atoms with E-state index in [0.29, 0.717) is 22.9 Å². The van der Waals surface area contributed by atoms with Gasteiger partial charge in [0.25, 0.3) is 0 Å². The Bertz CT molecular complexity index is 589. The fourth-order valence-corrected chi connectivity index (χ4v) is 2.24. The van der Waals surface area contributed by atoms with Gasteiger partial charge in [-0.15, -0.1) is 0 Å². The summed E-state index contributed by atoms with van der Waals surface area (Å²) in [7, 11) is 0. The Balaban J connectivity index is 2.55. The van der Waals surface area contributed by atoms with Crippen LogP contribution in [0.1, 0.15) is 5.56 Å². The zero-order valence-electron chi connectivity index (χ0n) is 14.1. The quantitative estimate of drug-likeness (QED) is 0.270. The lowest BCUT2D eigenvalue weighted by Crippen LogP contribution is -2.25. The number of carbonyl (C=O) groups excluding carboxylic acids is 2. The molecule has 0 saturated carbocycles. The molecule has 1 aromatic carbocycles. The first-order chi connectivity index (χ1) is 12.5. The first kappa shape index (κ1) is 22.4. The van der Waals surface area contributed by atoms with Crippen LogP contribution in [-0.2, 0) is 18.9 Å². The summed E-state index contributed by atoms with van der Waals surface area (Å²) in [5.74, 6) is 0.698. The number of anilines is 2. The molecule has 0 aliphatic carbocycles. The minimum absolute atomic E-state index is 0.329. The van der Waals surface area contributed by atoms with Crippen LogP contribution in [0.15, 0.2) is 18.2 Å². The van der Waals surface area contributed by atoms with Gasteiger partial charge in [-0.05, 0) is 24.6 Å². The summed E-state index contributed by atoms with van der Waals surface area (Å²) in [4.78, 5) is 23.5. The number of hydrogen-bond acceptors (Lipinski definition) is 8. The number of rotatable bonds is 10. The molecule has 2 N–H and O–H groups in total. The maximum absolute atomic E-state index is 11.9. The van der Waals surface area contributed by atoms with Crippen LogP contribution in [0.5, 0.6) is 0 Å². The van der Waals surface area contributed by atoms with Crippen molar-refractivity contribution in [3.05, 3.63) is 23.8 Å². The zero-order chi connectivity index (χ0) is 19.4. The minimum Gasteiger partial charge on any atom is -0.444 e. The van der Waals surface area contributed by atoms with Gasteiger partial charge >= 0.3 is 12.2 Å². The molecule has 146 valence electrons. The lowest BCUT2D eigenvalue weighted by atomic mass is 10.2. The van der Waals surface area contributed by atoms with Crippen molar-refractivity contribution in [2.45, 2.75) is 13.0 Å². The van der Waals surface area contributed by atoms with Crippen molar-refractivity contribution in [1.29, 1.82) is 0 Å². The molecule has 0 heterocycles. The first-order valence-corrected chi connectivity index (χ1v) is 8.71. The average molecular weight is 408 g/mol. The number of thiol groups is 2. The molecule has 0 aliphatic heterocycles. The van der Waals surface area contributed by atoms with Crippen molar-refractivity contribution in [3.63, 3.8) is 0 Å². The lowest BCUT2D eigenvalue weighted by Gasteiger charge is -2.15. The molecule has 2 amide bonds. The van der Waals surface area contributed by atoms with Gasteiger partial charge in [0.05, 0.1) is 0 Å². The Labute approximate surface area is 161 Å². The normalized spacial score (nSPS) is 10.5. The van der Waals surface area contributed by atoms with E-state index in [4.69, 9.17) is 14.2 Å². The van der Waals surface area contributed by atoms with Crippen molar-refractivity contribution < 1.29 is 32.9 Å². The second-order valence-electron chi connectivity index (χ2n) is 4.86. The van der Waals surface area contributed by atoms with Gasteiger partial charge in [0, 0.05) is 22.9 Å². The van der Waals surface area contributed by atoms with E-state index in [1.807, 2.05) is 0 Å². The Hall–Kier alpha value is -1.69. The molecule has 1 aromatic rings. The van der Waals surface area contributed by atoms with Crippen molar-refractivity contribution in [1.82, 2.24) is 0 Å². The molecule has 11 heteroatoms. The summed E-state index contributed by atoms with van der Waals surface area (Å²) in [5, 5.41) is 5.06. The van der Waals surface area contributed by atoms with Gasteiger partial charge in [0.2, 0.25) is 0 Å². The summed E-state index contributed by atoms with van der Waals surface area (Å²) >= 11 is 8.13. The van der Waals surface area contributed by atoms with E-state index in [0.717, 1.165) is 5.56 Å². The third-order valence-electron chi connectivity index (χ3n) is 2.92. The summed E-state index contributed by atoms with van der Waals surface area (Å²) < 4.78 is 30.5. The van der Waals surface area contributed by atoms with Crippen LogP contribution in [0, 0.1) is 6.92 Å². The number of benzene rings is 1. The second kappa shape index (κ2) is 12.6. The van der Waals surface area contributed by atoms with Crippen LogP contribution >= 0.6 is 25.3 Å². The van der Waals surface area contributed by atoms with Crippen LogP contribution in [0.3, 0.4) is 0 Å². The first-order valence-electron chi connectivity index (χ1n) is 7.45. The number of ether oxygens (including phenoxy) is 4. The number of alkyl halides is 1. The van der Waals surface area contributed by atoms with E-state index >= 15 is 0 Å². The average Bonchev–Trinajstić information content (AvgIpc) is 2.62. The topological polar surface area (TPSA) is 95.1 Å². The van der Waals surface area contributed by atoms with Crippen LogP contribution in [0.2, 0.25) is 0 Å². The highest BCUT2D eigenvalue weighted by molar-refractivity contribution is 7.81.